The maximum absolute atomic E-state index is 6.22. The minimum atomic E-state index is -0.110. The lowest BCUT2D eigenvalue weighted by Crippen LogP contribution is -2.28. The molecule has 0 aromatic heterocycles. The molecule has 0 spiro atoms. The Hall–Kier alpha value is -3.17. The average molecular weight is 480 g/mol. The average Bonchev–Trinajstić information content (AvgIpc) is 3.26. The van der Waals surface area contributed by atoms with Gasteiger partial charge in [0, 0.05) is 29.7 Å². The monoisotopic (exact) mass is 479 g/mol. The van der Waals surface area contributed by atoms with E-state index < -0.39 is 0 Å². The molecule has 0 atom stereocenters. The Balaban J connectivity index is 1.41. The lowest BCUT2D eigenvalue weighted by molar-refractivity contribution is -0.437. The molecule has 2 heterocycles. The van der Waals surface area contributed by atoms with Gasteiger partial charge in [-0.1, -0.05) is 54.6 Å². The molecule has 1 aliphatic carbocycles. The van der Waals surface area contributed by atoms with E-state index in [0.717, 1.165) is 37.3 Å². The fourth-order valence-corrected chi connectivity index (χ4v) is 5.84. The maximum atomic E-state index is 6.22. The zero-order valence-corrected chi connectivity index (χ0v) is 22.2. The van der Waals surface area contributed by atoms with Gasteiger partial charge in [0.1, 0.15) is 11.5 Å². The standard InChI is InChI=1S/C33H39N2O/c1-32(2)26-13-5-7-15-28(26)35(22-10-21-34)30(32)19-17-24-11-9-12-25(23-24)18-20-31-33(3,4)27-14-6-8-16-29(27)36-31/h5-8,13-20,23H,9-12,21-22,34H2,1-4H3/q+1/b19-17+,25-18+,31-20+. The van der Waals surface area contributed by atoms with Crippen LogP contribution in [0.5, 0.6) is 5.75 Å². The van der Waals surface area contributed by atoms with E-state index in [0.29, 0.717) is 6.54 Å². The molecule has 2 N–H and O–H groups in total. The van der Waals surface area contributed by atoms with E-state index in [1.54, 1.807) is 0 Å². The molecule has 0 fully saturated rings. The minimum absolute atomic E-state index is 0.0274. The molecule has 2 aromatic carbocycles. The summed E-state index contributed by atoms with van der Waals surface area (Å²) < 4.78 is 8.69. The first-order chi connectivity index (χ1) is 17.3. The number of fused-ring (bicyclic) bond motifs is 2. The van der Waals surface area contributed by atoms with Crippen molar-refractivity contribution in [3.05, 3.63) is 107 Å². The van der Waals surface area contributed by atoms with Gasteiger partial charge in [-0.3, -0.25) is 0 Å². The van der Waals surface area contributed by atoms with Crippen LogP contribution >= 0.6 is 0 Å². The third kappa shape index (κ3) is 4.41. The Morgan fingerprint density at radius 1 is 0.889 bits per heavy atom. The first-order valence-corrected chi connectivity index (χ1v) is 13.3. The summed E-state index contributed by atoms with van der Waals surface area (Å²) in [5.41, 5.74) is 13.8. The molecule has 5 rings (SSSR count). The van der Waals surface area contributed by atoms with E-state index in [2.05, 4.69) is 105 Å². The molecule has 0 unspecified atom stereocenters. The normalized spacial score (nSPS) is 22.2. The van der Waals surface area contributed by atoms with Gasteiger partial charge in [0.2, 0.25) is 5.69 Å². The van der Waals surface area contributed by atoms with E-state index in [4.69, 9.17) is 10.5 Å². The molecule has 0 bridgehead atoms. The molecule has 0 amide bonds. The Labute approximate surface area is 216 Å². The van der Waals surface area contributed by atoms with Crippen molar-refractivity contribution in [3.63, 3.8) is 0 Å². The molecule has 3 heteroatoms. The highest BCUT2D eigenvalue weighted by Gasteiger charge is 2.43. The van der Waals surface area contributed by atoms with Crippen LogP contribution in [0.1, 0.15) is 64.5 Å². The van der Waals surface area contributed by atoms with Crippen LogP contribution < -0.4 is 10.5 Å². The molecule has 2 aliphatic heterocycles. The molecule has 36 heavy (non-hydrogen) atoms. The third-order valence-electron chi connectivity index (χ3n) is 7.99. The van der Waals surface area contributed by atoms with Gasteiger partial charge >= 0.3 is 0 Å². The van der Waals surface area contributed by atoms with Crippen molar-refractivity contribution in [1.82, 2.24) is 0 Å². The van der Waals surface area contributed by atoms with Gasteiger partial charge in [-0.2, -0.15) is 4.58 Å². The van der Waals surface area contributed by atoms with E-state index in [1.807, 2.05) is 6.07 Å². The molecule has 2 aromatic rings. The van der Waals surface area contributed by atoms with Gasteiger partial charge in [0.15, 0.2) is 12.3 Å². The number of nitrogens with two attached hydrogens (primary N) is 1. The number of benzene rings is 2. The Bertz CT molecular complexity index is 1320. The van der Waals surface area contributed by atoms with E-state index in [9.17, 15) is 0 Å². The number of rotatable bonds is 6. The lowest BCUT2D eigenvalue weighted by Gasteiger charge is -2.18. The summed E-state index contributed by atoms with van der Waals surface area (Å²) in [5, 5.41) is 0. The quantitative estimate of drug-likeness (QED) is 0.443. The number of allylic oxidation sites excluding steroid dienone is 8. The van der Waals surface area contributed by atoms with Crippen molar-refractivity contribution in [1.29, 1.82) is 0 Å². The number of para-hydroxylation sites is 2. The predicted octanol–water partition coefficient (Wildman–Crippen LogP) is 7.26. The van der Waals surface area contributed by atoms with Gasteiger partial charge < -0.3 is 10.5 Å². The van der Waals surface area contributed by atoms with Crippen molar-refractivity contribution < 1.29 is 9.31 Å². The van der Waals surface area contributed by atoms with Crippen molar-refractivity contribution in [2.75, 3.05) is 13.1 Å². The summed E-state index contributed by atoms with van der Waals surface area (Å²) in [6.07, 6.45) is 15.9. The van der Waals surface area contributed by atoms with Crippen LogP contribution in [0.3, 0.4) is 0 Å². The summed E-state index contributed by atoms with van der Waals surface area (Å²) in [6, 6.07) is 17.2. The van der Waals surface area contributed by atoms with Gasteiger partial charge in [0.05, 0.1) is 10.8 Å². The van der Waals surface area contributed by atoms with Crippen LogP contribution in [0.4, 0.5) is 5.69 Å². The van der Waals surface area contributed by atoms with Crippen molar-refractivity contribution in [3.8, 4) is 5.75 Å². The lowest BCUT2D eigenvalue weighted by atomic mass is 9.81. The molecule has 186 valence electrons. The van der Waals surface area contributed by atoms with Gasteiger partial charge in [-0.05, 0) is 76.8 Å². The smallest absolute Gasteiger partial charge is 0.209 e. The molecule has 0 saturated heterocycles. The van der Waals surface area contributed by atoms with Gasteiger partial charge in [-0.25, -0.2) is 0 Å². The first-order valence-electron chi connectivity index (χ1n) is 13.3. The molecule has 0 saturated carbocycles. The number of hydrogen-bond acceptors (Lipinski definition) is 2. The molecular weight excluding hydrogens is 440 g/mol. The van der Waals surface area contributed by atoms with Crippen molar-refractivity contribution >= 4 is 11.4 Å². The summed E-state index contributed by atoms with van der Waals surface area (Å²) in [7, 11) is 0. The highest BCUT2D eigenvalue weighted by Crippen LogP contribution is 2.45. The number of nitrogens with zero attached hydrogens (tertiary/aromatic N) is 1. The topological polar surface area (TPSA) is 38.3 Å². The fraction of sp³-hybridized carbons (Fsp3) is 0.364. The summed E-state index contributed by atoms with van der Waals surface area (Å²) in [6.45, 7) is 10.8. The molecule has 3 nitrogen and oxygen atoms in total. The molecule has 3 aliphatic rings. The Morgan fingerprint density at radius 2 is 1.64 bits per heavy atom. The number of ether oxygens (including phenoxy) is 1. The van der Waals surface area contributed by atoms with Crippen LogP contribution in [0.15, 0.2) is 95.8 Å². The minimum Gasteiger partial charge on any atom is -0.460 e. The summed E-state index contributed by atoms with van der Waals surface area (Å²) in [4.78, 5) is 0. The van der Waals surface area contributed by atoms with E-state index in [1.165, 1.54) is 40.1 Å². The second-order valence-electron chi connectivity index (χ2n) is 11.2. The van der Waals surface area contributed by atoms with Crippen LogP contribution in [0, 0.1) is 0 Å². The highest BCUT2D eigenvalue weighted by molar-refractivity contribution is 6.03. The largest absolute Gasteiger partial charge is 0.460 e. The van der Waals surface area contributed by atoms with Crippen molar-refractivity contribution in [2.45, 2.75) is 64.2 Å². The second-order valence-corrected chi connectivity index (χ2v) is 11.2. The fourth-order valence-electron chi connectivity index (χ4n) is 5.84. The molecule has 0 radical (unpaired) electrons. The Kier molecular flexibility index (Phi) is 6.61. The van der Waals surface area contributed by atoms with Crippen molar-refractivity contribution in [2.24, 2.45) is 5.73 Å². The van der Waals surface area contributed by atoms with E-state index in [-0.39, 0.29) is 10.8 Å². The van der Waals surface area contributed by atoms with E-state index >= 15 is 0 Å². The summed E-state index contributed by atoms with van der Waals surface area (Å²) in [5.74, 6) is 2.00. The first kappa shape index (κ1) is 24.5. The Morgan fingerprint density at radius 3 is 2.42 bits per heavy atom. The van der Waals surface area contributed by atoms with Crippen LogP contribution in [0.25, 0.3) is 0 Å². The zero-order chi connectivity index (χ0) is 25.3. The maximum Gasteiger partial charge on any atom is 0.209 e. The number of hydrogen-bond donors (Lipinski definition) is 1. The second kappa shape index (κ2) is 9.71. The van der Waals surface area contributed by atoms with Gasteiger partial charge in [-0.15, -0.1) is 0 Å². The zero-order valence-electron chi connectivity index (χ0n) is 22.2. The van der Waals surface area contributed by atoms with Gasteiger partial charge in [0.25, 0.3) is 0 Å². The third-order valence-corrected chi connectivity index (χ3v) is 7.99. The van der Waals surface area contributed by atoms with Crippen LogP contribution in [0.2, 0.25) is 0 Å². The molecular formula is C33H39N2O+. The SMILES string of the molecule is CC1(C)C(/C=C/C2=CC(=C/C=C3/Oc4ccccc4C3(C)C)/CCC2)=[N+](CCCN)c2ccccc21. The van der Waals surface area contributed by atoms with Crippen LogP contribution in [-0.4, -0.2) is 23.4 Å². The predicted molar refractivity (Wildman–Crippen MR) is 150 cm³/mol. The summed E-state index contributed by atoms with van der Waals surface area (Å²) >= 11 is 0. The van der Waals surface area contributed by atoms with Crippen LogP contribution in [-0.2, 0) is 10.8 Å². The highest BCUT2D eigenvalue weighted by atomic mass is 16.5.